The molecule has 4 rings (SSSR count). The molecule has 2 aromatic carbocycles. The Morgan fingerprint density at radius 3 is 2.59 bits per heavy atom. The first-order valence-electron chi connectivity index (χ1n) is 10.4. The van der Waals surface area contributed by atoms with Crippen molar-refractivity contribution < 1.29 is 9.59 Å². The Kier molecular flexibility index (Phi) is 5.81. The minimum atomic E-state index is -0.178. The van der Waals surface area contributed by atoms with E-state index in [1.54, 1.807) is 4.90 Å². The van der Waals surface area contributed by atoms with Gasteiger partial charge in [-0.25, -0.2) is 4.79 Å². The Labute approximate surface area is 171 Å². The first-order valence-corrected chi connectivity index (χ1v) is 10.4. The van der Waals surface area contributed by atoms with Crippen LogP contribution in [0.5, 0.6) is 0 Å². The second kappa shape index (κ2) is 8.66. The lowest BCUT2D eigenvalue weighted by Gasteiger charge is -2.32. The van der Waals surface area contributed by atoms with Crippen molar-refractivity contribution in [3.05, 3.63) is 59.7 Å². The van der Waals surface area contributed by atoms with E-state index in [1.165, 1.54) is 5.56 Å². The van der Waals surface area contributed by atoms with Crippen LogP contribution in [-0.4, -0.2) is 42.5 Å². The molecule has 0 radical (unpaired) electrons. The number of likely N-dealkylation sites (tertiary alicyclic amines) is 1. The lowest BCUT2D eigenvalue weighted by atomic mass is 10.0. The molecule has 0 atom stereocenters. The predicted molar refractivity (Wildman–Crippen MR) is 115 cm³/mol. The fraction of sp³-hybridized carbons (Fsp3) is 0.391. The van der Waals surface area contributed by atoms with Crippen LogP contribution in [0.1, 0.15) is 30.9 Å². The number of likely N-dealkylation sites (N-methyl/N-ethyl adjacent to an activating group) is 1. The summed E-state index contributed by atoms with van der Waals surface area (Å²) in [6.07, 6.45) is 2.30. The van der Waals surface area contributed by atoms with E-state index in [4.69, 9.17) is 0 Å². The van der Waals surface area contributed by atoms with E-state index in [1.807, 2.05) is 31.2 Å². The van der Waals surface area contributed by atoms with E-state index in [9.17, 15) is 9.59 Å². The summed E-state index contributed by atoms with van der Waals surface area (Å²) in [5, 5.41) is 6.02. The number of amides is 3. The van der Waals surface area contributed by atoms with Crippen molar-refractivity contribution in [3.63, 3.8) is 0 Å². The zero-order chi connectivity index (χ0) is 20.2. The summed E-state index contributed by atoms with van der Waals surface area (Å²) in [5.41, 5.74) is 3.99. The summed E-state index contributed by atoms with van der Waals surface area (Å²) in [6.45, 7) is 5.56. The number of carbonyl (C=O) groups is 2. The number of urea groups is 1. The average Bonchev–Trinajstić information content (AvgIpc) is 3.04. The third-order valence-electron chi connectivity index (χ3n) is 5.76. The van der Waals surface area contributed by atoms with Crippen LogP contribution >= 0.6 is 0 Å². The van der Waals surface area contributed by atoms with Gasteiger partial charge in [0.1, 0.15) is 0 Å². The topological polar surface area (TPSA) is 64.7 Å². The van der Waals surface area contributed by atoms with Crippen LogP contribution in [0.25, 0.3) is 0 Å². The highest BCUT2D eigenvalue weighted by atomic mass is 16.2. The van der Waals surface area contributed by atoms with Crippen molar-refractivity contribution in [2.24, 2.45) is 0 Å². The number of hydrogen-bond acceptors (Lipinski definition) is 3. The maximum Gasteiger partial charge on any atom is 0.319 e. The zero-order valence-corrected chi connectivity index (χ0v) is 16.9. The molecule has 29 heavy (non-hydrogen) atoms. The first kappa shape index (κ1) is 19.5. The quantitative estimate of drug-likeness (QED) is 0.820. The molecular formula is C23H28N4O2. The number of benzene rings is 2. The van der Waals surface area contributed by atoms with Gasteiger partial charge in [-0.1, -0.05) is 30.3 Å². The van der Waals surface area contributed by atoms with Gasteiger partial charge in [-0.2, -0.15) is 0 Å². The summed E-state index contributed by atoms with van der Waals surface area (Å²) in [7, 11) is 0. The summed E-state index contributed by atoms with van der Waals surface area (Å²) < 4.78 is 0. The van der Waals surface area contributed by atoms with Gasteiger partial charge in [0.15, 0.2) is 0 Å². The molecule has 0 saturated carbocycles. The molecule has 1 saturated heterocycles. The summed E-state index contributed by atoms with van der Waals surface area (Å²) >= 11 is 0. The lowest BCUT2D eigenvalue weighted by Crippen LogP contribution is -2.45. The van der Waals surface area contributed by atoms with Crippen molar-refractivity contribution in [2.75, 3.05) is 29.9 Å². The normalized spacial score (nSPS) is 17.3. The van der Waals surface area contributed by atoms with Gasteiger partial charge in [0.2, 0.25) is 5.91 Å². The summed E-state index contributed by atoms with van der Waals surface area (Å²) in [6, 6.07) is 16.2. The molecule has 2 aliphatic rings. The molecule has 0 unspecified atom stereocenters. The lowest BCUT2D eigenvalue weighted by molar-refractivity contribution is -0.117. The van der Waals surface area contributed by atoms with Gasteiger partial charge in [0.25, 0.3) is 0 Å². The first-order chi connectivity index (χ1) is 14.1. The van der Waals surface area contributed by atoms with Crippen molar-refractivity contribution in [3.8, 4) is 0 Å². The monoisotopic (exact) mass is 392 g/mol. The summed E-state index contributed by atoms with van der Waals surface area (Å²) in [5.74, 6) is 0.117. The van der Waals surface area contributed by atoms with Gasteiger partial charge in [0, 0.05) is 43.6 Å². The number of piperidine rings is 1. The number of anilines is 2. The number of hydrogen-bond donors (Lipinski definition) is 2. The molecule has 2 heterocycles. The second-order valence-corrected chi connectivity index (χ2v) is 7.79. The fourth-order valence-electron chi connectivity index (χ4n) is 4.24. The number of nitrogens with one attached hydrogen (secondary N) is 2. The molecule has 6 nitrogen and oxygen atoms in total. The van der Waals surface area contributed by atoms with Crippen LogP contribution in [0.15, 0.2) is 48.5 Å². The standard InChI is InChI=1S/C23H28N4O2/c1-2-27-21-9-8-20(14-18(21)15-22(27)28)25-23(29)24-19-10-12-26(13-11-19)16-17-6-4-3-5-7-17/h3-9,14,19H,2,10-13,15-16H2,1H3,(H2,24,25,29). The van der Waals surface area contributed by atoms with Crippen molar-refractivity contribution >= 4 is 23.3 Å². The van der Waals surface area contributed by atoms with Gasteiger partial charge in [-0.05, 0) is 49.1 Å². The Balaban J connectivity index is 1.26. The Hall–Kier alpha value is -2.86. The fourth-order valence-corrected chi connectivity index (χ4v) is 4.24. The van der Waals surface area contributed by atoms with E-state index in [2.05, 4.69) is 39.8 Å². The van der Waals surface area contributed by atoms with E-state index in [0.717, 1.165) is 49.4 Å². The number of carbonyl (C=O) groups excluding carboxylic acids is 2. The third kappa shape index (κ3) is 4.59. The van der Waals surface area contributed by atoms with E-state index in [-0.39, 0.29) is 18.0 Å². The molecule has 152 valence electrons. The van der Waals surface area contributed by atoms with E-state index in [0.29, 0.717) is 13.0 Å². The maximum absolute atomic E-state index is 12.4. The minimum Gasteiger partial charge on any atom is -0.335 e. The van der Waals surface area contributed by atoms with Crippen molar-refractivity contribution in [2.45, 2.75) is 38.8 Å². The van der Waals surface area contributed by atoms with Gasteiger partial charge in [-0.3, -0.25) is 9.69 Å². The van der Waals surface area contributed by atoms with E-state index >= 15 is 0 Å². The molecular weight excluding hydrogens is 364 g/mol. The highest BCUT2D eigenvalue weighted by Crippen LogP contribution is 2.31. The maximum atomic E-state index is 12.4. The van der Waals surface area contributed by atoms with Gasteiger partial charge in [0.05, 0.1) is 6.42 Å². The molecule has 1 fully saturated rings. The molecule has 0 aromatic heterocycles. The van der Waals surface area contributed by atoms with Crippen molar-refractivity contribution in [1.29, 1.82) is 0 Å². The average molecular weight is 393 g/mol. The Bertz CT molecular complexity index is 876. The largest absolute Gasteiger partial charge is 0.335 e. The SMILES string of the molecule is CCN1C(=O)Cc2cc(NC(=O)NC3CCN(Cc4ccccc4)CC3)ccc21. The molecule has 0 aliphatic carbocycles. The number of fused-ring (bicyclic) bond motifs is 1. The molecule has 0 spiro atoms. The van der Waals surface area contributed by atoms with Crippen LogP contribution < -0.4 is 15.5 Å². The second-order valence-electron chi connectivity index (χ2n) is 7.79. The third-order valence-corrected chi connectivity index (χ3v) is 5.76. The van der Waals surface area contributed by atoms with Gasteiger partial charge in [-0.15, -0.1) is 0 Å². The zero-order valence-electron chi connectivity index (χ0n) is 16.9. The Morgan fingerprint density at radius 1 is 1.10 bits per heavy atom. The van der Waals surface area contributed by atoms with Crippen LogP contribution in [0, 0.1) is 0 Å². The highest BCUT2D eigenvalue weighted by Gasteiger charge is 2.26. The highest BCUT2D eigenvalue weighted by molar-refractivity contribution is 6.02. The van der Waals surface area contributed by atoms with E-state index < -0.39 is 0 Å². The number of nitrogens with zero attached hydrogens (tertiary/aromatic N) is 2. The molecule has 6 heteroatoms. The predicted octanol–water partition coefficient (Wildman–Crippen LogP) is 3.38. The van der Waals surface area contributed by atoms with Crippen LogP contribution in [0.4, 0.5) is 16.2 Å². The van der Waals surface area contributed by atoms with Crippen molar-refractivity contribution in [1.82, 2.24) is 10.2 Å². The van der Waals surface area contributed by atoms with Gasteiger partial charge < -0.3 is 15.5 Å². The van der Waals surface area contributed by atoms with Crippen LogP contribution in [0.3, 0.4) is 0 Å². The molecule has 0 bridgehead atoms. The molecule has 3 amide bonds. The molecule has 2 N–H and O–H groups in total. The molecule has 2 aliphatic heterocycles. The number of rotatable bonds is 5. The smallest absolute Gasteiger partial charge is 0.319 e. The minimum absolute atomic E-state index is 0.117. The Morgan fingerprint density at radius 2 is 1.86 bits per heavy atom. The summed E-state index contributed by atoms with van der Waals surface area (Å²) in [4.78, 5) is 28.7. The van der Waals surface area contributed by atoms with Gasteiger partial charge >= 0.3 is 6.03 Å². The molecule has 2 aromatic rings. The van der Waals surface area contributed by atoms with Crippen LogP contribution in [-0.2, 0) is 17.8 Å². The van der Waals surface area contributed by atoms with Crippen LogP contribution in [0.2, 0.25) is 0 Å².